The van der Waals surface area contributed by atoms with Crippen LogP contribution >= 0.6 is 0 Å². The third-order valence-corrected chi connectivity index (χ3v) is 2.00. The lowest BCUT2D eigenvalue weighted by Gasteiger charge is -2.19. The van der Waals surface area contributed by atoms with Crippen molar-refractivity contribution in [2.75, 3.05) is 6.54 Å². The van der Waals surface area contributed by atoms with Crippen molar-refractivity contribution in [3.63, 3.8) is 0 Å². The minimum atomic E-state index is -3.17. The summed E-state index contributed by atoms with van der Waals surface area (Å²) in [4.78, 5) is 0. The van der Waals surface area contributed by atoms with E-state index in [2.05, 4.69) is 5.32 Å². The summed E-state index contributed by atoms with van der Waals surface area (Å²) in [6, 6.07) is 4.89. The van der Waals surface area contributed by atoms with Crippen molar-refractivity contribution in [2.45, 2.75) is 25.8 Å². The largest absolute Gasteiger partial charge is 0.309 e. The first kappa shape index (κ1) is 12.0. The predicted molar refractivity (Wildman–Crippen MR) is 53.4 cm³/mol. The van der Waals surface area contributed by atoms with Gasteiger partial charge in [0.2, 0.25) is 0 Å². The molecule has 4 heteroatoms. The van der Waals surface area contributed by atoms with E-state index in [1.165, 1.54) is 12.1 Å². The minimum Gasteiger partial charge on any atom is -0.309 e. The molecule has 1 aromatic carbocycles. The first-order valence-electron chi connectivity index (χ1n) is 4.79. The Hall–Kier alpha value is -1.03. The molecule has 1 rings (SSSR count). The van der Waals surface area contributed by atoms with Gasteiger partial charge in [0, 0.05) is 6.04 Å². The van der Waals surface area contributed by atoms with Gasteiger partial charge in [0.25, 0.3) is 5.92 Å². The number of hydrogen-bond donors (Lipinski definition) is 1. The van der Waals surface area contributed by atoms with Crippen molar-refractivity contribution in [1.29, 1.82) is 0 Å². The third kappa shape index (κ3) is 3.23. The van der Waals surface area contributed by atoms with E-state index in [1.54, 1.807) is 13.8 Å². The number of benzene rings is 1. The summed E-state index contributed by atoms with van der Waals surface area (Å²) in [7, 11) is 0. The molecule has 0 atom stereocenters. The average Bonchev–Trinajstić information content (AvgIpc) is 2.15. The van der Waals surface area contributed by atoms with Crippen LogP contribution in [-0.4, -0.2) is 12.6 Å². The summed E-state index contributed by atoms with van der Waals surface area (Å²) < 4.78 is 40.1. The van der Waals surface area contributed by atoms with Crippen LogP contribution in [0.3, 0.4) is 0 Å². The van der Waals surface area contributed by atoms with E-state index in [0.29, 0.717) is 0 Å². The Balaban J connectivity index is 2.81. The van der Waals surface area contributed by atoms with Gasteiger partial charge in [-0.3, -0.25) is 0 Å². The molecule has 15 heavy (non-hydrogen) atoms. The molecule has 1 N–H and O–H groups in total. The van der Waals surface area contributed by atoms with Gasteiger partial charge < -0.3 is 5.32 Å². The molecule has 0 saturated carbocycles. The lowest BCUT2D eigenvalue weighted by molar-refractivity contribution is -0.00822. The molecule has 0 fully saturated rings. The molecule has 0 radical (unpaired) electrons. The highest BCUT2D eigenvalue weighted by Gasteiger charge is 2.33. The van der Waals surface area contributed by atoms with E-state index in [9.17, 15) is 13.2 Å². The second-order valence-corrected chi connectivity index (χ2v) is 3.72. The topological polar surface area (TPSA) is 12.0 Å². The molecule has 0 aliphatic rings. The number of halogens is 3. The highest BCUT2D eigenvalue weighted by Crippen LogP contribution is 2.29. The number of nitrogens with one attached hydrogen (secondary N) is 1. The quantitative estimate of drug-likeness (QED) is 0.817. The van der Waals surface area contributed by atoms with Crippen molar-refractivity contribution in [3.05, 3.63) is 35.6 Å². The van der Waals surface area contributed by atoms with E-state index < -0.39 is 23.8 Å². The van der Waals surface area contributed by atoms with E-state index >= 15 is 0 Å². The van der Waals surface area contributed by atoms with Gasteiger partial charge in [-0.05, 0) is 6.07 Å². The highest BCUT2D eigenvalue weighted by atomic mass is 19.3. The number of hydrogen-bond acceptors (Lipinski definition) is 1. The van der Waals surface area contributed by atoms with E-state index in [-0.39, 0.29) is 6.04 Å². The Morgan fingerprint density at radius 3 is 2.40 bits per heavy atom. The smallest absolute Gasteiger partial charge is 0.288 e. The Morgan fingerprint density at radius 1 is 1.27 bits per heavy atom. The van der Waals surface area contributed by atoms with E-state index in [4.69, 9.17) is 0 Å². The lowest BCUT2D eigenvalue weighted by Crippen LogP contribution is -2.35. The fourth-order valence-corrected chi connectivity index (χ4v) is 1.19. The normalized spacial score (nSPS) is 12.1. The molecular formula is C11H14F3N. The number of alkyl halides is 2. The van der Waals surface area contributed by atoms with Crippen molar-refractivity contribution in [2.24, 2.45) is 0 Å². The summed E-state index contributed by atoms with van der Waals surface area (Å²) in [5.41, 5.74) is -0.557. The van der Waals surface area contributed by atoms with Crippen LogP contribution in [0.2, 0.25) is 0 Å². The maximum atomic E-state index is 13.5. The molecule has 84 valence electrons. The Morgan fingerprint density at radius 2 is 1.87 bits per heavy atom. The summed E-state index contributed by atoms with van der Waals surface area (Å²) in [6.45, 7) is 2.97. The molecule has 0 spiro atoms. The van der Waals surface area contributed by atoms with Crippen LogP contribution in [0.1, 0.15) is 19.4 Å². The van der Waals surface area contributed by atoms with Crippen LogP contribution in [0.25, 0.3) is 0 Å². The maximum Gasteiger partial charge on any atom is 0.288 e. The molecular weight excluding hydrogens is 203 g/mol. The predicted octanol–water partition coefficient (Wildman–Crippen LogP) is 2.92. The van der Waals surface area contributed by atoms with Crippen molar-refractivity contribution >= 4 is 0 Å². The summed E-state index contributed by atoms with van der Waals surface area (Å²) in [5, 5.41) is 2.59. The Labute approximate surface area is 87.3 Å². The van der Waals surface area contributed by atoms with Crippen molar-refractivity contribution in [3.8, 4) is 0 Å². The van der Waals surface area contributed by atoms with Crippen LogP contribution in [0, 0.1) is 5.82 Å². The Kier molecular flexibility index (Phi) is 3.74. The van der Waals surface area contributed by atoms with Crippen molar-refractivity contribution in [1.82, 2.24) is 5.32 Å². The van der Waals surface area contributed by atoms with Gasteiger partial charge >= 0.3 is 0 Å². The first-order chi connectivity index (χ1) is 6.93. The summed E-state index contributed by atoms with van der Waals surface area (Å²) in [6.07, 6.45) is 0. The monoisotopic (exact) mass is 217 g/mol. The van der Waals surface area contributed by atoms with Crippen LogP contribution < -0.4 is 5.32 Å². The average molecular weight is 217 g/mol. The molecule has 0 bridgehead atoms. The molecule has 0 unspecified atom stereocenters. The maximum absolute atomic E-state index is 13.5. The van der Waals surface area contributed by atoms with Crippen LogP contribution in [0.5, 0.6) is 0 Å². The van der Waals surface area contributed by atoms with Gasteiger partial charge in [-0.2, -0.15) is 8.78 Å². The summed E-state index contributed by atoms with van der Waals surface area (Å²) in [5.74, 6) is -4.04. The zero-order valence-corrected chi connectivity index (χ0v) is 8.73. The highest BCUT2D eigenvalue weighted by molar-refractivity contribution is 5.22. The molecule has 1 aromatic rings. The SMILES string of the molecule is CC(C)NCC(F)(F)c1ccccc1F. The van der Waals surface area contributed by atoms with Gasteiger partial charge in [-0.15, -0.1) is 0 Å². The molecule has 1 nitrogen and oxygen atoms in total. The van der Waals surface area contributed by atoms with Gasteiger partial charge in [0.15, 0.2) is 0 Å². The molecule has 0 aliphatic carbocycles. The fraction of sp³-hybridized carbons (Fsp3) is 0.455. The molecule has 0 aliphatic heterocycles. The second kappa shape index (κ2) is 4.66. The zero-order chi connectivity index (χ0) is 11.5. The van der Waals surface area contributed by atoms with Gasteiger partial charge in [-0.25, -0.2) is 4.39 Å². The zero-order valence-electron chi connectivity index (χ0n) is 8.73. The standard InChI is InChI=1S/C11H14F3N/c1-8(2)15-7-11(13,14)9-5-3-4-6-10(9)12/h3-6,8,15H,7H2,1-2H3. The lowest BCUT2D eigenvalue weighted by atomic mass is 10.1. The van der Waals surface area contributed by atoms with E-state index in [1.807, 2.05) is 0 Å². The van der Waals surface area contributed by atoms with Crippen LogP contribution in [0.4, 0.5) is 13.2 Å². The van der Waals surface area contributed by atoms with Crippen molar-refractivity contribution < 1.29 is 13.2 Å². The molecule has 0 saturated heterocycles. The summed E-state index contributed by atoms with van der Waals surface area (Å²) >= 11 is 0. The van der Waals surface area contributed by atoms with Gasteiger partial charge in [-0.1, -0.05) is 32.0 Å². The fourth-order valence-electron chi connectivity index (χ4n) is 1.19. The molecule has 0 amide bonds. The molecule has 0 heterocycles. The second-order valence-electron chi connectivity index (χ2n) is 3.72. The number of rotatable bonds is 4. The first-order valence-corrected chi connectivity index (χ1v) is 4.79. The van der Waals surface area contributed by atoms with Gasteiger partial charge in [0.05, 0.1) is 12.1 Å². The minimum absolute atomic E-state index is 0.0531. The Bertz CT molecular complexity index is 323. The third-order valence-electron chi connectivity index (χ3n) is 2.00. The van der Waals surface area contributed by atoms with Crippen LogP contribution in [-0.2, 0) is 5.92 Å². The molecule has 0 aromatic heterocycles. The van der Waals surface area contributed by atoms with E-state index in [0.717, 1.165) is 12.1 Å². The van der Waals surface area contributed by atoms with Gasteiger partial charge in [0.1, 0.15) is 5.82 Å². The van der Waals surface area contributed by atoms with Crippen LogP contribution in [0.15, 0.2) is 24.3 Å².